The van der Waals surface area contributed by atoms with Gasteiger partial charge in [-0.05, 0) is 18.6 Å². The van der Waals surface area contributed by atoms with Crippen molar-refractivity contribution in [3.05, 3.63) is 35.6 Å². The zero-order valence-corrected chi connectivity index (χ0v) is 15.1. The highest BCUT2D eigenvalue weighted by atomic mass is 16.5. The molecule has 0 bridgehead atoms. The molecule has 0 amide bonds. The number of pyridine rings is 1. The van der Waals surface area contributed by atoms with E-state index in [9.17, 15) is 0 Å². The predicted molar refractivity (Wildman–Crippen MR) is 94.1 cm³/mol. The first kappa shape index (κ1) is 17.4. The van der Waals surface area contributed by atoms with Crippen LogP contribution in [-0.4, -0.2) is 46.2 Å². The first-order valence-electron chi connectivity index (χ1n) is 8.63. The topological polar surface area (TPSA) is 82.1 Å². The molecule has 0 spiro atoms. The second-order valence-corrected chi connectivity index (χ2v) is 7.38. The minimum atomic E-state index is -0.127. The Labute approximate surface area is 148 Å². The summed E-state index contributed by atoms with van der Waals surface area (Å²) in [5, 5.41) is 13.1. The first-order chi connectivity index (χ1) is 12.0. The number of nitrogens with zero attached hydrogens (tertiary/aromatic N) is 6. The van der Waals surface area contributed by atoms with Gasteiger partial charge in [0.2, 0.25) is 5.89 Å². The second kappa shape index (κ2) is 7.19. The molecule has 1 aliphatic rings. The van der Waals surface area contributed by atoms with E-state index in [0.717, 1.165) is 44.2 Å². The van der Waals surface area contributed by atoms with Gasteiger partial charge in [-0.2, -0.15) is 10.2 Å². The van der Waals surface area contributed by atoms with E-state index in [-0.39, 0.29) is 5.41 Å². The van der Waals surface area contributed by atoms with Crippen LogP contribution >= 0.6 is 0 Å². The lowest BCUT2D eigenvalue weighted by Crippen LogP contribution is -2.31. The van der Waals surface area contributed by atoms with E-state index in [1.807, 2.05) is 12.1 Å². The Kier molecular flexibility index (Phi) is 5.00. The summed E-state index contributed by atoms with van der Waals surface area (Å²) in [6, 6.07) is 7.68. The molecule has 0 saturated carbocycles. The van der Waals surface area contributed by atoms with Gasteiger partial charge in [0.15, 0.2) is 5.82 Å². The third-order valence-electron chi connectivity index (χ3n) is 4.24. The van der Waals surface area contributed by atoms with Crippen molar-refractivity contribution in [1.29, 1.82) is 5.26 Å². The summed E-state index contributed by atoms with van der Waals surface area (Å²) < 4.78 is 5.38. The van der Waals surface area contributed by atoms with E-state index in [0.29, 0.717) is 18.1 Å². The fourth-order valence-electron chi connectivity index (χ4n) is 2.84. The molecular weight excluding hydrogens is 316 g/mol. The lowest BCUT2D eigenvalue weighted by molar-refractivity contribution is 0.269. The zero-order chi connectivity index (χ0) is 17.9. The van der Waals surface area contributed by atoms with Gasteiger partial charge in [0, 0.05) is 31.6 Å². The van der Waals surface area contributed by atoms with Gasteiger partial charge in [0.1, 0.15) is 17.6 Å². The van der Waals surface area contributed by atoms with E-state index in [1.165, 1.54) is 0 Å². The Hall–Kier alpha value is -2.46. The SMILES string of the molecule is CC(C)(C)c1nc(CN2CCCN(c3cccc(C#N)n3)CC2)no1. The van der Waals surface area contributed by atoms with Crippen molar-refractivity contribution >= 4 is 5.82 Å². The highest BCUT2D eigenvalue weighted by Gasteiger charge is 2.23. The molecule has 2 aromatic heterocycles. The van der Waals surface area contributed by atoms with Gasteiger partial charge in [-0.15, -0.1) is 0 Å². The van der Waals surface area contributed by atoms with Crippen LogP contribution in [0.5, 0.6) is 0 Å². The molecule has 1 saturated heterocycles. The molecule has 0 N–H and O–H groups in total. The number of hydrogen-bond acceptors (Lipinski definition) is 7. The molecule has 0 unspecified atom stereocenters. The van der Waals surface area contributed by atoms with Gasteiger partial charge >= 0.3 is 0 Å². The average molecular weight is 340 g/mol. The highest BCUT2D eigenvalue weighted by Crippen LogP contribution is 2.20. The Bertz CT molecular complexity index is 757. The predicted octanol–water partition coefficient (Wildman–Crippen LogP) is 2.35. The molecule has 0 aromatic carbocycles. The Morgan fingerprint density at radius 3 is 2.72 bits per heavy atom. The molecule has 1 aliphatic heterocycles. The number of rotatable bonds is 3. The lowest BCUT2D eigenvalue weighted by atomic mass is 9.97. The smallest absolute Gasteiger partial charge is 0.232 e. The average Bonchev–Trinajstić information content (AvgIpc) is 2.94. The Morgan fingerprint density at radius 2 is 2.00 bits per heavy atom. The summed E-state index contributed by atoms with van der Waals surface area (Å²) in [4.78, 5) is 13.5. The van der Waals surface area contributed by atoms with Crippen molar-refractivity contribution in [2.45, 2.75) is 39.2 Å². The van der Waals surface area contributed by atoms with Gasteiger partial charge < -0.3 is 9.42 Å². The third-order valence-corrected chi connectivity index (χ3v) is 4.24. The number of hydrogen-bond donors (Lipinski definition) is 0. The summed E-state index contributed by atoms with van der Waals surface area (Å²) in [6.07, 6.45) is 1.03. The van der Waals surface area contributed by atoms with Crippen LogP contribution < -0.4 is 4.90 Å². The van der Waals surface area contributed by atoms with Crippen LogP contribution in [0.4, 0.5) is 5.82 Å². The minimum absolute atomic E-state index is 0.127. The van der Waals surface area contributed by atoms with E-state index >= 15 is 0 Å². The largest absolute Gasteiger partial charge is 0.355 e. The molecule has 0 aliphatic carbocycles. The monoisotopic (exact) mass is 340 g/mol. The van der Waals surface area contributed by atoms with E-state index in [4.69, 9.17) is 9.78 Å². The molecular formula is C18H24N6O. The second-order valence-electron chi connectivity index (χ2n) is 7.38. The Balaban J connectivity index is 1.62. The number of anilines is 1. The minimum Gasteiger partial charge on any atom is -0.355 e. The molecule has 0 radical (unpaired) electrons. The van der Waals surface area contributed by atoms with Crippen LogP contribution in [0.25, 0.3) is 0 Å². The van der Waals surface area contributed by atoms with Gasteiger partial charge in [-0.1, -0.05) is 32.0 Å². The maximum absolute atomic E-state index is 9.02. The first-order valence-corrected chi connectivity index (χ1v) is 8.63. The van der Waals surface area contributed by atoms with Crippen LogP contribution in [-0.2, 0) is 12.0 Å². The van der Waals surface area contributed by atoms with Crippen LogP contribution in [0.15, 0.2) is 22.7 Å². The molecule has 2 aromatic rings. The van der Waals surface area contributed by atoms with Crippen molar-refractivity contribution in [1.82, 2.24) is 20.0 Å². The third kappa shape index (κ3) is 4.34. The maximum Gasteiger partial charge on any atom is 0.232 e. The van der Waals surface area contributed by atoms with Crippen molar-refractivity contribution in [3.8, 4) is 6.07 Å². The molecule has 3 heterocycles. The molecule has 132 valence electrons. The van der Waals surface area contributed by atoms with Crippen LogP contribution in [0.1, 0.15) is 44.6 Å². The quantitative estimate of drug-likeness (QED) is 0.848. The van der Waals surface area contributed by atoms with Crippen LogP contribution in [0, 0.1) is 11.3 Å². The van der Waals surface area contributed by atoms with Crippen molar-refractivity contribution in [3.63, 3.8) is 0 Å². The van der Waals surface area contributed by atoms with Crippen molar-refractivity contribution < 1.29 is 4.52 Å². The fraction of sp³-hybridized carbons (Fsp3) is 0.556. The summed E-state index contributed by atoms with van der Waals surface area (Å²) in [7, 11) is 0. The normalized spacial score (nSPS) is 16.5. The Morgan fingerprint density at radius 1 is 1.16 bits per heavy atom. The molecule has 1 fully saturated rings. The summed E-state index contributed by atoms with van der Waals surface area (Å²) in [6.45, 7) is 10.6. The van der Waals surface area contributed by atoms with E-state index < -0.39 is 0 Å². The van der Waals surface area contributed by atoms with Gasteiger partial charge in [-0.25, -0.2) is 4.98 Å². The van der Waals surface area contributed by atoms with Gasteiger partial charge in [0.25, 0.3) is 0 Å². The standard InChI is InChI=1S/C18H24N6O/c1-18(2,3)17-21-15(22-25-17)13-23-8-5-9-24(11-10-23)16-7-4-6-14(12-19)20-16/h4,6-7H,5,8-11,13H2,1-3H3. The zero-order valence-electron chi connectivity index (χ0n) is 15.1. The molecule has 7 heteroatoms. The molecule has 3 rings (SSSR count). The van der Waals surface area contributed by atoms with E-state index in [2.05, 4.69) is 51.8 Å². The maximum atomic E-state index is 9.02. The molecule has 25 heavy (non-hydrogen) atoms. The highest BCUT2D eigenvalue weighted by molar-refractivity contribution is 5.41. The summed E-state index contributed by atoms with van der Waals surface area (Å²) in [5.41, 5.74) is 0.332. The molecule has 7 nitrogen and oxygen atoms in total. The number of aromatic nitrogens is 3. The molecule has 0 atom stereocenters. The number of nitriles is 1. The fourth-order valence-corrected chi connectivity index (χ4v) is 2.84. The summed E-state index contributed by atoms with van der Waals surface area (Å²) in [5.74, 6) is 2.29. The van der Waals surface area contributed by atoms with Gasteiger partial charge in [-0.3, -0.25) is 4.90 Å². The van der Waals surface area contributed by atoms with Gasteiger partial charge in [0.05, 0.1) is 6.54 Å². The van der Waals surface area contributed by atoms with Crippen molar-refractivity contribution in [2.75, 3.05) is 31.1 Å². The lowest BCUT2D eigenvalue weighted by Gasteiger charge is -2.22. The van der Waals surface area contributed by atoms with Crippen molar-refractivity contribution in [2.24, 2.45) is 0 Å². The van der Waals surface area contributed by atoms with Crippen LogP contribution in [0.2, 0.25) is 0 Å². The summed E-state index contributed by atoms with van der Waals surface area (Å²) >= 11 is 0. The van der Waals surface area contributed by atoms with E-state index in [1.54, 1.807) is 6.07 Å². The van der Waals surface area contributed by atoms with Crippen LogP contribution in [0.3, 0.4) is 0 Å².